The van der Waals surface area contributed by atoms with Crippen molar-refractivity contribution in [2.75, 3.05) is 11.9 Å². The fourth-order valence-corrected chi connectivity index (χ4v) is 3.25. The van der Waals surface area contributed by atoms with Crippen molar-refractivity contribution in [2.45, 2.75) is 46.6 Å². The van der Waals surface area contributed by atoms with Crippen LogP contribution in [0.4, 0.5) is 5.13 Å². The zero-order chi connectivity index (χ0) is 21.4. The van der Waals surface area contributed by atoms with Crippen LogP contribution >= 0.6 is 11.3 Å². The van der Waals surface area contributed by atoms with Crippen molar-refractivity contribution in [1.29, 1.82) is 0 Å². The average molecular weight is 419 g/mol. The summed E-state index contributed by atoms with van der Waals surface area (Å²) in [5.41, 5.74) is 2.06. The number of aryl methyl sites for hydroxylation is 1. The van der Waals surface area contributed by atoms with E-state index in [1.54, 1.807) is 6.92 Å². The Labute approximate surface area is 174 Å². The lowest BCUT2D eigenvalue weighted by Gasteiger charge is -2.20. The number of nitrogens with zero attached hydrogens (tertiary/aromatic N) is 2. The van der Waals surface area contributed by atoms with Crippen LogP contribution in [-0.4, -0.2) is 40.6 Å². The van der Waals surface area contributed by atoms with Crippen molar-refractivity contribution in [2.24, 2.45) is 5.92 Å². The molecule has 1 aromatic carbocycles. The van der Waals surface area contributed by atoms with Crippen LogP contribution in [0.25, 0.3) is 10.6 Å². The topological polar surface area (TPSA) is 110 Å². The quantitative estimate of drug-likeness (QED) is 0.606. The molecule has 0 fully saturated rings. The standard InChI is InChI=1S/C20H26N4O4S/c1-5-28-16(26)11-10-15(25)21-17(12(2)3)18(27)22-20-24-23-19(29-20)14-8-6-13(4)7-9-14/h6-9,12,17H,5,10-11H2,1-4H3,(H,21,25)(H,22,24,27). The number of rotatable bonds is 9. The van der Waals surface area contributed by atoms with Crippen LogP contribution < -0.4 is 10.6 Å². The molecule has 1 aromatic heterocycles. The predicted octanol–water partition coefficient (Wildman–Crippen LogP) is 2.94. The highest BCUT2D eigenvalue weighted by molar-refractivity contribution is 7.18. The van der Waals surface area contributed by atoms with Crippen molar-refractivity contribution in [3.05, 3.63) is 29.8 Å². The molecule has 8 nitrogen and oxygen atoms in total. The van der Waals surface area contributed by atoms with Gasteiger partial charge in [-0.1, -0.05) is 55.0 Å². The zero-order valence-corrected chi connectivity index (χ0v) is 17.8. The number of anilines is 1. The van der Waals surface area contributed by atoms with Gasteiger partial charge < -0.3 is 10.1 Å². The molecule has 0 aliphatic carbocycles. The summed E-state index contributed by atoms with van der Waals surface area (Å²) in [5.74, 6) is -1.35. The average Bonchev–Trinajstić information content (AvgIpc) is 3.13. The number of amides is 2. The van der Waals surface area contributed by atoms with Gasteiger partial charge in [-0.3, -0.25) is 19.7 Å². The lowest BCUT2D eigenvalue weighted by Crippen LogP contribution is -2.47. The molecule has 0 spiro atoms. The Bertz CT molecular complexity index is 848. The first-order valence-corrected chi connectivity index (χ1v) is 10.3. The van der Waals surface area contributed by atoms with Gasteiger partial charge in [0, 0.05) is 12.0 Å². The lowest BCUT2D eigenvalue weighted by molar-refractivity contribution is -0.144. The molecule has 2 amide bonds. The van der Waals surface area contributed by atoms with Crippen LogP contribution in [-0.2, 0) is 19.1 Å². The van der Waals surface area contributed by atoms with Crippen molar-refractivity contribution in [3.8, 4) is 10.6 Å². The van der Waals surface area contributed by atoms with E-state index in [9.17, 15) is 14.4 Å². The van der Waals surface area contributed by atoms with Gasteiger partial charge in [-0.05, 0) is 19.8 Å². The molecule has 0 aliphatic heterocycles. The number of hydrogen-bond acceptors (Lipinski definition) is 7. The van der Waals surface area contributed by atoms with Gasteiger partial charge in [0.15, 0.2) is 0 Å². The third-order valence-electron chi connectivity index (χ3n) is 4.08. The van der Waals surface area contributed by atoms with Gasteiger partial charge in [0.1, 0.15) is 11.0 Å². The van der Waals surface area contributed by atoms with Crippen LogP contribution in [0, 0.1) is 12.8 Å². The fourth-order valence-electron chi connectivity index (χ4n) is 2.50. The van der Waals surface area contributed by atoms with Crippen LogP contribution in [0.5, 0.6) is 0 Å². The fraction of sp³-hybridized carbons (Fsp3) is 0.450. The maximum absolute atomic E-state index is 12.6. The largest absolute Gasteiger partial charge is 0.466 e. The van der Waals surface area contributed by atoms with E-state index in [0.717, 1.165) is 11.1 Å². The molecule has 156 valence electrons. The molecule has 0 saturated carbocycles. The summed E-state index contributed by atoms with van der Waals surface area (Å²) < 4.78 is 4.80. The normalized spacial score (nSPS) is 11.8. The first-order chi connectivity index (χ1) is 13.8. The van der Waals surface area contributed by atoms with E-state index >= 15 is 0 Å². The number of carbonyl (C=O) groups excluding carboxylic acids is 3. The summed E-state index contributed by atoms with van der Waals surface area (Å²) in [6, 6.07) is 7.10. The maximum Gasteiger partial charge on any atom is 0.306 e. The summed E-state index contributed by atoms with van der Waals surface area (Å²) >= 11 is 1.26. The molecule has 0 aliphatic rings. The molecule has 2 aromatic rings. The summed E-state index contributed by atoms with van der Waals surface area (Å²) in [4.78, 5) is 36.1. The third kappa shape index (κ3) is 6.94. The van der Waals surface area contributed by atoms with E-state index in [0.29, 0.717) is 10.1 Å². The second-order valence-corrected chi connectivity index (χ2v) is 7.84. The third-order valence-corrected chi connectivity index (χ3v) is 4.97. The Morgan fingerprint density at radius 3 is 2.41 bits per heavy atom. The SMILES string of the molecule is CCOC(=O)CCC(=O)NC(C(=O)Nc1nnc(-c2ccc(C)cc2)s1)C(C)C. The number of esters is 1. The number of ether oxygens (including phenoxy) is 1. The molecule has 9 heteroatoms. The highest BCUT2D eigenvalue weighted by atomic mass is 32.1. The zero-order valence-electron chi connectivity index (χ0n) is 17.0. The molecule has 2 rings (SSSR count). The van der Waals surface area contributed by atoms with E-state index in [2.05, 4.69) is 20.8 Å². The summed E-state index contributed by atoms with van der Waals surface area (Å²) in [5, 5.41) is 14.6. The summed E-state index contributed by atoms with van der Waals surface area (Å²) in [6.45, 7) is 7.63. The summed E-state index contributed by atoms with van der Waals surface area (Å²) in [6.07, 6.45) is -0.0614. The highest BCUT2D eigenvalue weighted by Crippen LogP contribution is 2.26. The minimum absolute atomic E-state index is 0.0254. The minimum atomic E-state index is -0.753. The van der Waals surface area contributed by atoms with Crippen LogP contribution in [0.2, 0.25) is 0 Å². The number of benzene rings is 1. The van der Waals surface area contributed by atoms with Gasteiger partial charge in [0.2, 0.25) is 16.9 Å². The van der Waals surface area contributed by atoms with E-state index in [4.69, 9.17) is 4.74 Å². The molecule has 1 atom stereocenters. The van der Waals surface area contributed by atoms with E-state index in [1.165, 1.54) is 11.3 Å². The number of nitrogens with one attached hydrogen (secondary N) is 2. The molecular weight excluding hydrogens is 392 g/mol. The number of carbonyl (C=O) groups is 3. The van der Waals surface area contributed by atoms with Crippen molar-refractivity contribution >= 4 is 34.3 Å². The second kappa shape index (κ2) is 10.7. The number of hydrogen-bond donors (Lipinski definition) is 2. The lowest BCUT2D eigenvalue weighted by atomic mass is 10.0. The smallest absolute Gasteiger partial charge is 0.306 e. The van der Waals surface area contributed by atoms with Gasteiger partial charge in [0.05, 0.1) is 13.0 Å². The van der Waals surface area contributed by atoms with Crippen LogP contribution in [0.15, 0.2) is 24.3 Å². The Morgan fingerprint density at radius 1 is 1.10 bits per heavy atom. The Morgan fingerprint density at radius 2 is 1.79 bits per heavy atom. The maximum atomic E-state index is 12.6. The molecule has 0 radical (unpaired) electrons. The van der Waals surface area contributed by atoms with Crippen molar-refractivity contribution < 1.29 is 19.1 Å². The Balaban J connectivity index is 1.96. The molecule has 1 heterocycles. The molecule has 2 N–H and O–H groups in total. The number of aromatic nitrogens is 2. The van der Waals surface area contributed by atoms with E-state index < -0.39 is 12.0 Å². The molecular formula is C20H26N4O4S. The molecule has 29 heavy (non-hydrogen) atoms. The first kappa shape index (κ1) is 22.5. The van der Waals surface area contributed by atoms with Crippen molar-refractivity contribution in [3.63, 3.8) is 0 Å². The van der Waals surface area contributed by atoms with Crippen molar-refractivity contribution in [1.82, 2.24) is 15.5 Å². The predicted molar refractivity (Wildman–Crippen MR) is 111 cm³/mol. The van der Waals surface area contributed by atoms with Crippen LogP contribution in [0.1, 0.15) is 39.2 Å². The van der Waals surface area contributed by atoms with E-state index in [1.807, 2.05) is 45.0 Å². The molecule has 1 unspecified atom stereocenters. The molecule has 0 bridgehead atoms. The monoisotopic (exact) mass is 418 g/mol. The second-order valence-electron chi connectivity index (χ2n) is 6.86. The Kier molecular flexibility index (Phi) is 8.26. The van der Waals surface area contributed by atoms with E-state index in [-0.39, 0.29) is 37.2 Å². The van der Waals surface area contributed by atoms with Gasteiger partial charge in [-0.15, -0.1) is 10.2 Å². The summed E-state index contributed by atoms with van der Waals surface area (Å²) in [7, 11) is 0. The van der Waals surface area contributed by atoms with Gasteiger partial charge >= 0.3 is 5.97 Å². The minimum Gasteiger partial charge on any atom is -0.466 e. The highest BCUT2D eigenvalue weighted by Gasteiger charge is 2.25. The Hall–Kier alpha value is -2.81. The molecule has 0 saturated heterocycles. The first-order valence-electron chi connectivity index (χ1n) is 9.46. The van der Waals surface area contributed by atoms with Crippen LogP contribution in [0.3, 0.4) is 0 Å². The van der Waals surface area contributed by atoms with Gasteiger partial charge in [0.25, 0.3) is 0 Å². The van der Waals surface area contributed by atoms with Gasteiger partial charge in [-0.2, -0.15) is 0 Å². The van der Waals surface area contributed by atoms with Gasteiger partial charge in [-0.25, -0.2) is 0 Å².